The molecule has 2 saturated heterocycles. The average molecular weight is 476 g/mol. The predicted molar refractivity (Wildman–Crippen MR) is 106 cm³/mol. The van der Waals surface area contributed by atoms with Gasteiger partial charge in [-0.1, -0.05) is 5.09 Å². The van der Waals surface area contributed by atoms with Crippen molar-refractivity contribution in [2.75, 3.05) is 13.2 Å². The fraction of sp³-hybridized carbons (Fsp3) is 0.667. The highest BCUT2D eigenvalue weighted by molar-refractivity contribution is 7.36. The van der Waals surface area contributed by atoms with E-state index in [9.17, 15) is 23.7 Å². The van der Waals surface area contributed by atoms with Crippen LogP contribution in [0.4, 0.5) is 4.39 Å². The molecule has 32 heavy (non-hydrogen) atoms. The molecule has 2 N–H and O–H groups in total. The van der Waals surface area contributed by atoms with Crippen molar-refractivity contribution >= 4 is 20.1 Å². The maximum atomic E-state index is 15.8. The van der Waals surface area contributed by atoms with Crippen molar-refractivity contribution in [2.24, 2.45) is 0 Å². The van der Waals surface area contributed by atoms with Gasteiger partial charge in [0.2, 0.25) is 0 Å². The van der Waals surface area contributed by atoms with E-state index in [1.165, 1.54) is 6.92 Å². The smallest absolute Gasteiger partial charge is 0.464 e. The number of nitrogens with one attached hydrogen (secondary N) is 2. The molecule has 1 unspecified atom stereocenters. The van der Waals surface area contributed by atoms with E-state index in [0.717, 1.165) is 23.8 Å². The number of H-pyrrole nitrogens is 1. The molecule has 2 aliphatic rings. The lowest BCUT2D eigenvalue weighted by atomic mass is 9.98. The Kier molecular flexibility index (Phi) is 7.55. The van der Waals surface area contributed by atoms with Crippen LogP contribution in [-0.4, -0.2) is 58.6 Å². The quantitative estimate of drug-likeness (QED) is 0.431. The second-order valence-electron chi connectivity index (χ2n) is 7.63. The monoisotopic (exact) mass is 476 g/mol. The van der Waals surface area contributed by atoms with Crippen LogP contribution in [0, 0.1) is 0 Å². The fourth-order valence-corrected chi connectivity index (χ4v) is 4.18. The van der Waals surface area contributed by atoms with E-state index in [1.54, 1.807) is 0 Å². The summed E-state index contributed by atoms with van der Waals surface area (Å²) >= 11 is 0. The van der Waals surface area contributed by atoms with Gasteiger partial charge in [-0.2, -0.15) is 0 Å². The number of halogens is 1. The summed E-state index contributed by atoms with van der Waals surface area (Å²) < 4.78 is 50.0. The van der Waals surface area contributed by atoms with Gasteiger partial charge >= 0.3 is 25.8 Å². The highest BCUT2D eigenvalue weighted by atomic mass is 31.1. The van der Waals surface area contributed by atoms with E-state index < -0.39 is 68.1 Å². The Morgan fingerprint density at radius 3 is 2.72 bits per heavy atom. The highest BCUT2D eigenvalue weighted by Gasteiger charge is 2.58. The Bertz CT molecular complexity index is 994. The lowest BCUT2D eigenvalue weighted by molar-refractivity contribution is -0.158. The Balaban J connectivity index is 1.87. The van der Waals surface area contributed by atoms with Crippen LogP contribution in [0.25, 0.3) is 0 Å². The molecule has 0 amide bonds. The summed E-state index contributed by atoms with van der Waals surface area (Å²) in [6, 6.07) is 0.0895. The van der Waals surface area contributed by atoms with E-state index >= 15 is 4.39 Å². The van der Waals surface area contributed by atoms with Crippen LogP contribution >= 0.6 is 8.18 Å². The Morgan fingerprint density at radius 1 is 1.25 bits per heavy atom. The summed E-state index contributed by atoms with van der Waals surface area (Å²) in [6.45, 7) is 2.10. The van der Waals surface area contributed by atoms with Gasteiger partial charge in [0, 0.05) is 18.7 Å². The molecule has 0 aliphatic carbocycles. The largest absolute Gasteiger partial charge is 0.613 e. The molecule has 0 saturated carbocycles. The third kappa shape index (κ3) is 5.47. The first kappa shape index (κ1) is 24.2. The van der Waals surface area contributed by atoms with Gasteiger partial charge in [-0.05, 0) is 31.3 Å². The lowest BCUT2D eigenvalue weighted by Gasteiger charge is -2.27. The van der Waals surface area contributed by atoms with Crippen molar-refractivity contribution in [3.63, 3.8) is 0 Å². The van der Waals surface area contributed by atoms with Crippen LogP contribution in [-0.2, 0) is 32.9 Å². The van der Waals surface area contributed by atoms with Crippen molar-refractivity contribution in [1.29, 1.82) is 0 Å². The number of carbonyl (C=O) groups excluding carboxylic acids is 2. The normalized spacial score (nSPS) is 34.0. The van der Waals surface area contributed by atoms with E-state index in [2.05, 4.69) is 5.09 Å². The molecule has 3 heterocycles. The topological polar surface area (TPSA) is 155 Å². The third-order valence-electron chi connectivity index (χ3n) is 5.07. The molecule has 2 aliphatic heterocycles. The molecule has 0 aromatic carbocycles. The summed E-state index contributed by atoms with van der Waals surface area (Å²) in [5.74, 6) is -1.36. The number of hydrogen-bond donors (Lipinski definition) is 2. The van der Waals surface area contributed by atoms with E-state index in [1.807, 2.05) is 4.98 Å². The number of fused-ring (bicyclic) bond motifs is 1. The zero-order valence-electron chi connectivity index (χ0n) is 17.4. The van der Waals surface area contributed by atoms with Crippen LogP contribution in [0.15, 0.2) is 21.9 Å². The lowest BCUT2D eigenvalue weighted by Crippen LogP contribution is -2.46. The summed E-state index contributed by atoms with van der Waals surface area (Å²) in [5.41, 5.74) is -3.99. The number of aromatic nitrogens is 2. The Labute approximate surface area is 182 Å². The molecule has 3 rings (SSSR count). The van der Waals surface area contributed by atoms with Crippen LogP contribution in [0.3, 0.4) is 0 Å². The molecular weight excluding hydrogens is 452 g/mol. The second-order valence-corrected chi connectivity index (χ2v) is 8.66. The zero-order valence-corrected chi connectivity index (χ0v) is 18.3. The Hall–Kier alpha value is -2.47. The van der Waals surface area contributed by atoms with Crippen LogP contribution in [0.1, 0.15) is 39.3 Å². The minimum atomic E-state index is -2.58. The Morgan fingerprint density at radius 2 is 2.00 bits per heavy atom. The fourth-order valence-electron chi connectivity index (χ4n) is 3.40. The number of nitrogens with zero attached hydrogens (tertiary/aromatic N) is 1. The standard InChI is InChI=1S/C18H23FN3O9P/c1-10-15(25)28-8-4-3-5-13(24)31-14-11(9-29-32(27)21-10)30-16(18(14,2)19)22-7-6-12(23)20-17(22)26/h6-7,10-11,14,16H,3-5,8-9H2,1-2H3,(H-,20,21,23,26,27)/p+1/t10-,11+,14+,16+,18+/m0/s1. The number of alkyl halides is 1. The zero-order chi connectivity index (χ0) is 23.5. The van der Waals surface area contributed by atoms with E-state index in [4.69, 9.17) is 18.7 Å². The van der Waals surface area contributed by atoms with Crippen LogP contribution < -0.4 is 16.3 Å². The van der Waals surface area contributed by atoms with Gasteiger partial charge in [0.15, 0.2) is 18.0 Å². The van der Waals surface area contributed by atoms with Crippen molar-refractivity contribution in [1.82, 2.24) is 14.6 Å². The molecule has 0 bridgehead atoms. The molecule has 176 valence electrons. The highest BCUT2D eigenvalue weighted by Crippen LogP contribution is 2.43. The molecule has 12 nitrogen and oxygen atoms in total. The van der Waals surface area contributed by atoms with Gasteiger partial charge in [-0.15, -0.1) is 4.52 Å². The molecule has 0 spiro atoms. The summed E-state index contributed by atoms with van der Waals surface area (Å²) in [5, 5.41) is 2.43. The maximum Gasteiger partial charge on any atom is 0.613 e. The van der Waals surface area contributed by atoms with Crippen LogP contribution in [0.5, 0.6) is 0 Å². The SMILES string of the molecule is C[C@@H]1N[P+](=O)OC[C@H]2O[C@@H](n3ccc(=O)[nH]c3=O)[C@](C)(F)[C@@H]2OC(=O)CCCCOC1=O. The van der Waals surface area contributed by atoms with Crippen molar-refractivity contribution in [2.45, 2.75) is 63.3 Å². The molecule has 1 aromatic rings. The minimum Gasteiger partial charge on any atom is -0.464 e. The number of carbonyl (C=O) groups is 2. The van der Waals surface area contributed by atoms with Crippen molar-refractivity contribution < 1.29 is 37.3 Å². The number of aromatic amines is 1. The number of hydrogen-bond acceptors (Lipinski definition) is 9. The summed E-state index contributed by atoms with van der Waals surface area (Å²) in [7, 11) is -2.58. The molecule has 0 radical (unpaired) electrons. The molecule has 1 aromatic heterocycles. The van der Waals surface area contributed by atoms with Crippen molar-refractivity contribution in [3.8, 4) is 0 Å². The predicted octanol–water partition coefficient (Wildman–Crippen LogP) is 0.453. The van der Waals surface area contributed by atoms with E-state index in [0.29, 0.717) is 12.8 Å². The molecule has 6 atom stereocenters. The van der Waals surface area contributed by atoms with Crippen LogP contribution in [0.2, 0.25) is 0 Å². The summed E-state index contributed by atoms with van der Waals surface area (Å²) in [4.78, 5) is 49.7. The van der Waals surface area contributed by atoms with Gasteiger partial charge in [0.05, 0.1) is 6.61 Å². The number of ether oxygens (including phenoxy) is 3. The maximum absolute atomic E-state index is 15.8. The van der Waals surface area contributed by atoms with Gasteiger partial charge in [-0.25, -0.2) is 9.18 Å². The molecule has 14 heteroatoms. The molecular formula is C18H24FN3O9P+. The minimum absolute atomic E-state index is 0.0446. The number of cyclic esters (lactones) is 1. The van der Waals surface area contributed by atoms with Gasteiger partial charge in [0.25, 0.3) is 5.56 Å². The van der Waals surface area contributed by atoms with Gasteiger partial charge < -0.3 is 14.2 Å². The first-order valence-electron chi connectivity index (χ1n) is 9.98. The first-order chi connectivity index (χ1) is 15.1. The van der Waals surface area contributed by atoms with Crippen molar-refractivity contribution in [3.05, 3.63) is 33.1 Å². The average Bonchev–Trinajstić information content (AvgIpc) is 2.95. The first-order valence-corrected chi connectivity index (χ1v) is 11.2. The molecule has 2 fully saturated rings. The summed E-state index contributed by atoms with van der Waals surface area (Å²) in [6.07, 6.45) is -2.60. The van der Waals surface area contributed by atoms with Gasteiger partial charge in [0.1, 0.15) is 18.8 Å². The third-order valence-corrected chi connectivity index (χ3v) is 6.05. The van der Waals surface area contributed by atoms with E-state index in [-0.39, 0.29) is 13.0 Å². The number of esters is 2. The van der Waals surface area contributed by atoms with Gasteiger partial charge in [-0.3, -0.25) is 23.9 Å². The number of rotatable bonds is 1. The second kappa shape index (κ2) is 9.99.